The van der Waals surface area contributed by atoms with Crippen LogP contribution in [0.1, 0.15) is 40.0 Å². The highest BCUT2D eigenvalue weighted by Crippen LogP contribution is 2.30. The van der Waals surface area contributed by atoms with Crippen LogP contribution in [0.5, 0.6) is 11.5 Å². The number of phenolic OH excluding ortho intramolecular Hbond substituents is 1. The molecule has 0 saturated heterocycles. The average Bonchev–Trinajstić information content (AvgIpc) is 3.17. The van der Waals surface area contributed by atoms with E-state index in [9.17, 15) is 9.90 Å². The van der Waals surface area contributed by atoms with Crippen LogP contribution in [0.4, 0.5) is 5.69 Å². The topological polar surface area (TPSA) is 61.8 Å². The van der Waals surface area contributed by atoms with E-state index in [1.54, 1.807) is 25.3 Å². The van der Waals surface area contributed by atoms with Gasteiger partial charge in [0.1, 0.15) is 11.5 Å². The maximum atomic E-state index is 12.7. The van der Waals surface area contributed by atoms with Crippen LogP contribution in [0.2, 0.25) is 0 Å². The largest absolute Gasteiger partial charge is 0.508 e. The second kappa shape index (κ2) is 8.49. The van der Waals surface area contributed by atoms with Gasteiger partial charge in [-0.3, -0.25) is 4.79 Å². The summed E-state index contributed by atoms with van der Waals surface area (Å²) in [5.74, 6) is 0.587. The first-order chi connectivity index (χ1) is 14.5. The van der Waals surface area contributed by atoms with Gasteiger partial charge in [0, 0.05) is 29.9 Å². The number of nitrogens with one attached hydrogen (secondary N) is 1. The molecule has 1 aliphatic heterocycles. The summed E-state index contributed by atoms with van der Waals surface area (Å²) in [7, 11) is 1.57. The van der Waals surface area contributed by atoms with Crippen LogP contribution in [0.25, 0.3) is 0 Å². The van der Waals surface area contributed by atoms with Crippen molar-refractivity contribution in [3.05, 3.63) is 89.0 Å². The molecule has 2 N–H and O–H groups in total. The van der Waals surface area contributed by atoms with Crippen molar-refractivity contribution in [1.82, 2.24) is 5.32 Å². The number of carbonyl (C=O) groups is 1. The number of hydrogen-bond acceptors (Lipinski definition) is 4. The van der Waals surface area contributed by atoms with E-state index in [2.05, 4.69) is 34.5 Å². The molecule has 0 fully saturated rings. The van der Waals surface area contributed by atoms with Gasteiger partial charge in [-0.1, -0.05) is 30.3 Å². The van der Waals surface area contributed by atoms with Crippen molar-refractivity contribution in [3.63, 3.8) is 0 Å². The van der Waals surface area contributed by atoms with Crippen LogP contribution < -0.4 is 15.0 Å². The van der Waals surface area contributed by atoms with Crippen LogP contribution in [0.15, 0.2) is 66.7 Å². The van der Waals surface area contributed by atoms with Gasteiger partial charge in [0.15, 0.2) is 0 Å². The Kier molecular flexibility index (Phi) is 5.61. The zero-order chi connectivity index (χ0) is 21.1. The number of phenols is 1. The molecule has 0 aliphatic carbocycles. The van der Waals surface area contributed by atoms with E-state index in [0.29, 0.717) is 16.9 Å². The number of nitrogens with zero attached hydrogens (tertiary/aromatic N) is 1. The number of hydrogen-bond donors (Lipinski definition) is 2. The number of aromatic hydroxyl groups is 1. The molecule has 5 nitrogen and oxygen atoms in total. The minimum absolute atomic E-state index is 0.129. The summed E-state index contributed by atoms with van der Waals surface area (Å²) in [5.41, 5.74) is 5.07. The Morgan fingerprint density at radius 2 is 1.90 bits per heavy atom. The number of para-hydroxylation sites is 1. The molecule has 1 amide bonds. The Labute approximate surface area is 176 Å². The Bertz CT molecular complexity index is 1050. The monoisotopic (exact) mass is 402 g/mol. The number of anilines is 1. The predicted octanol–water partition coefficient (Wildman–Crippen LogP) is 4.45. The van der Waals surface area contributed by atoms with E-state index in [1.165, 1.54) is 16.8 Å². The van der Waals surface area contributed by atoms with Crippen LogP contribution in [-0.4, -0.2) is 24.7 Å². The third-order valence-corrected chi connectivity index (χ3v) is 5.62. The SMILES string of the molecule is COc1ccc(O)c(C(C)NC(=O)c2ccc(CN3CCc4ccccc43)cc2)c1. The van der Waals surface area contributed by atoms with Gasteiger partial charge in [-0.25, -0.2) is 0 Å². The minimum atomic E-state index is -0.353. The van der Waals surface area contributed by atoms with Crippen molar-refractivity contribution in [1.29, 1.82) is 0 Å². The molecule has 1 unspecified atom stereocenters. The maximum absolute atomic E-state index is 12.7. The molecule has 0 saturated carbocycles. The van der Waals surface area contributed by atoms with E-state index < -0.39 is 0 Å². The second-order valence-electron chi connectivity index (χ2n) is 7.62. The van der Waals surface area contributed by atoms with Crippen LogP contribution in [-0.2, 0) is 13.0 Å². The first kappa shape index (κ1) is 19.8. The summed E-state index contributed by atoms with van der Waals surface area (Å²) >= 11 is 0. The quantitative estimate of drug-likeness (QED) is 0.639. The van der Waals surface area contributed by atoms with Crippen LogP contribution in [0.3, 0.4) is 0 Å². The number of methoxy groups -OCH3 is 1. The fourth-order valence-corrected chi connectivity index (χ4v) is 3.92. The first-order valence-electron chi connectivity index (χ1n) is 10.1. The summed E-state index contributed by atoms with van der Waals surface area (Å²) < 4.78 is 5.21. The van der Waals surface area contributed by atoms with Gasteiger partial charge in [-0.15, -0.1) is 0 Å². The molecule has 3 aromatic rings. The summed E-state index contributed by atoms with van der Waals surface area (Å²) in [4.78, 5) is 15.1. The smallest absolute Gasteiger partial charge is 0.251 e. The highest BCUT2D eigenvalue weighted by molar-refractivity contribution is 5.94. The summed E-state index contributed by atoms with van der Waals surface area (Å²) in [6, 6.07) is 20.9. The highest BCUT2D eigenvalue weighted by atomic mass is 16.5. The van der Waals surface area contributed by atoms with Crippen molar-refractivity contribution >= 4 is 11.6 Å². The Balaban J connectivity index is 1.41. The third-order valence-electron chi connectivity index (χ3n) is 5.62. The third kappa shape index (κ3) is 4.10. The van der Waals surface area contributed by atoms with E-state index in [1.807, 2.05) is 31.2 Å². The van der Waals surface area contributed by atoms with Crippen LogP contribution >= 0.6 is 0 Å². The molecule has 154 valence electrons. The predicted molar refractivity (Wildman–Crippen MR) is 118 cm³/mol. The zero-order valence-electron chi connectivity index (χ0n) is 17.3. The Morgan fingerprint density at radius 3 is 2.67 bits per heavy atom. The molecule has 3 aromatic carbocycles. The minimum Gasteiger partial charge on any atom is -0.508 e. The number of benzene rings is 3. The molecule has 1 atom stereocenters. The summed E-state index contributed by atoms with van der Waals surface area (Å²) in [6.07, 6.45) is 1.08. The van der Waals surface area contributed by atoms with Gasteiger partial charge >= 0.3 is 0 Å². The summed E-state index contributed by atoms with van der Waals surface area (Å²) in [5, 5.41) is 13.1. The lowest BCUT2D eigenvalue weighted by molar-refractivity contribution is 0.0939. The van der Waals surface area contributed by atoms with E-state index in [4.69, 9.17) is 4.74 Å². The second-order valence-corrected chi connectivity index (χ2v) is 7.62. The van der Waals surface area contributed by atoms with Gasteiger partial charge < -0.3 is 20.1 Å². The lowest BCUT2D eigenvalue weighted by Gasteiger charge is -2.20. The van der Waals surface area contributed by atoms with Crippen LogP contribution in [0, 0.1) is 0 Å². The Morgan fingerprint density at radius 1 is 1.13 bits per heavy atom. The van der Waals surface area contributed by atoms with Crippen molar-refractivity contribution in [3.8, 4) is 11.5 Å². The normalized spacial score (nSPS) is 13.6. The molecular weight excluding hydrogens is 376 g/mol. The maximum Gasteiger partial charge on any atom is 0.251 e. The number of ether oxygens (including phenoxy) is 1. The molecule has 4 rings (SSSR count). The molecule has 0 bridgehead atoms. The first-order valence-corrected chi connectivity index (χ1v) is 10.1. The van der Waals surface area contributed by atoms with Crippen molar-refractivity contribution in [2.45, 2.75) is 25.9 Å². The van der Waals surface area contributed by atoms with Gasteiger partial charge in [0.25, 0.3) is 5.91 Å². The average molecular weight is 402 g/mol. The molecule has 1 heterocycles. The molecule has 1 aliphatic rings. The standard InChI is InChI=1S/C25H26N2O3/c1-17(22-15-21(30-2)11-12-24(22)28)26-25(29)20-9-7-18(8-10-20)16-27-14-13-19-5-3-4-6-23(19)27/h3-12,15,17,28H,13-14,16H2,1-2H3,(H,26,29). The zero-order valence-corrected chi connectivity index (χ0v) is 17.3. The van der Waals surface area contributed by atoms with E-state index in [0.717, 1.165) is 19.5 Å². The number of fused-ring (bicyclic) bond motifs is 1. The summed E-state index contributed by atoms with van der Waals surface area (Å²) in [6.45, 7) is 3.68. The van der Waals surface area contributed by atoms with Gasteiger partial charge in [0.2, 0.25) is 0 Å². The molecule has 5 heteroatoms. The lowest BCUT2D eigenvalue weighted by Crippen LogP contribution is -2.26. The Hall–Kier alpha value is -3.47. The van der Waals surface area contributed by atoms with Crippen molar-refractivity contribution in [2.75, 3.05) is 18.6 Å². The van der Waals surface area contributed by atoms with Gasteiger partial charge in [-0.2, -0.15) is 0 Å². The van der Waals surface area contributed by atoms with E-state index >= 15 is 0 Å². The lowest BCUT2D eigenvalue weighted by atomic mass is 10.1. The molecule has 0 aromatic heterocycles. The van der Waals surface area contributed by atoms with E-state index in [-0.39, 0.29) is 17.7 Å². The van der Waals surface area contributed by atoms with Gasteiger partial charge in [-0.05, 0) is 60.9 Å². The van der Waals surface area contributed by atoms with Crippen molar-refractivity contribution in [2.24, 2.45) is 0 Å². The van der Waals surface area contributed by atoms with Gasteiger partial charge in [0.05, 0.1) is 13.2 Å². The number of rotatable bonds is 6. The highest BCUT2D eigenvalue weighted by Gasteiger charge is 2.19. The molecule has 30 heavy (non-hydrogen) atoms. The van der Waals surface area contributed by atoms with Crippen molar-refractivity contribution < 1.29 is 14.6 Å². The number of amides is 1. The molecule has 0 radical (unpaired) electrons. The molecule has 0 spiro atoms. The number of carbonyl (C=O) groups excluding carboxylic acids is 1. The fourth-order valence-electron chi connectivity index (χ4n) is 3.92. The molecular formula is C25H26N2O3. The fraction of sp³-hybridized carbons (Fsp3) is 0.240.